The van der Waals surface area contributed by atoms with Crippen LogP contribution >= 0.6 is 0 Å². The zero-order valence-electron chi connectivity index (χ0n) is 17.4. The predicted molar refractivity (Wildman–Crippen MR) is 118 cm³/mol. The molecule has 0 bridgehead atoms. The number of non-ortho nitro benzene ring substituents is 1. The average Bonchev–Trinajstić information content (AvgIpc) is 3.47. The molecule has 0 radical (unpaired) electrons. The van der Waals surface area contributed by atoms with E-state index in [1.54, 1.807) is 18.0 Å². The topological polar surface area (TPSA) is 69.9 Å². The Bertz CT molecular complexity index is 934. The maximum atomic E-state index is 13.4. The fraction of sp³-hybridized carbons (Fsp3) is 0.435. The standard InChI is InChI=1S/C23H28N4O3/c1-24(17-18-8-2-3-9-21(18)25-12-4-5-13-25)23(28)20-16-19(27(29)30)10-11-22(20)26-14-6-7-15-26/h2-3,8-11,16H,4-7,12-15,17H2,1H3. The van der Waals surface area contributed by atoms with Gasteiger partial charge in [-0.3, -0.25) is 14.9 Å². The summed E-state index contributed by atoms with van der Waals surface area (Å²) in [6.45, 7) is 4.30. The van der Waals surface area contributed by atoms with Gasteiger partial charge in [-0.2, -0.15) is 0 Å². The van der Waals surface area contributed by atoms with Crippen LogP contribution in [0, 0.1) is 10.1 Å². The van der Waals surface area contributed by atoms with E-state index in [0.717, 1.165) is 50.3 Å². The van der Waals surface area contributed by atoms with Gasteiger partial charge in [0, 0.05) is 57.6 Å². The lowest BCUT2D eigenvalue weighted by Gasteiger charge is -2.26. The van der Waals surface area contributed by atoms with Crippen molar-refractivity contribution in [3.63, 3.8) is 0 Å². The fourth-order valence-corrected chi connectivity index (χ4v) is 4.49. The molecular weight excluding hydrogens is 380 g/mol. The summed E-state index contributed by atoms with van der Waals surface area (Å²) in [5.41, 5.74) is 3.43. The highest BCUT2D eigenvalue weighted by molar-refractivity contribution is 6.00. The summed E-state index contributed by atoms with van der Waals surface area (Å²) in [6.07, 6.45) is 4.53. The third-order valence-corrected chi connectivity index (χ3v) is 6.06. The molecule has 1 amide bonds. The third kappa shape index (κ3) is 4.10. The van der Waals surface area contributed by atoms with Gasteiger partial charge in [0.05, 0.1) is 16.2 Å². The Balaban J connectivity index is 1.61. The molecule has 2 aliphatic rings. The third-order valence-electron chi connectivity index (χ3n) is 6.06. The van der Waals surface area contributed by atoms with E-state index in [9.17, 15) is 14.9 Å². The Morgan fingerprint density at radius 3 is 2.20 bits per heavy atom. The molecule has 0 spiro atoms. The van der Waals surface area contributed by atoms with Crippen LogP contribution in [0.5, 0.6) is 0 Å². The van der Waals surface area contributed by atoms with Gasteiger partial charge in [0.2, 0.25) is 0 Å². The number of benzene rings is 2. The minimum atomic E-state index is -0.437. The molecular formula is C23H28N4O3. The smallest absolute Gasteiger partial charge is 0.270 e. The molecule has 2 fully saturated rings. The molecule has 7 heteroatoms. The highest BCUT2D eigenvalue weighted by Crippen LogP contribution is 2.30. The molecule has 0 aliphatic carbocycles. The molecule has 2 heterocycles. The molecule has 2 aromatic rings. The van der Waals surface area contributed by atoms with Crippen LogP contribution in [0.2, 0.25) is 0 Å². The van der Waals surface area contributed by atoms with Gasteiger partial charge >= 0.3 is 0 Å². The summed E-state index contributed by atoms with van der Waals surface area (Å²) >= 11 is 0. The van der Waals surface area contributed by atoms with E-state index in [1.165, 1.54) is 30.7 Å². The quantitative estimate of drug-likeness (QED) is 0.532. The Morgan fingerprint density at radius 1 is 0.967 bits per heavy atom. The Morgan fingerprint density at radius 2 is 1.57 bits per heavy atom. The number of hydrogen-bond acceptors (Lipinski definition) is 5. The van der Waals surface area contributed by atoms with Crippen molar-refractivity contribution in [3.05, 3.63) is 63.7 Å². The maximum absolute atomic E-state index is 13.4. The summed E-state index contributed by atoms with van der Waals surface area (Å²) in [4.78, 5) is 30.5. The number of carbonyl (C=O) groups excluding carboxylic acids is 1. The number of amides is 1. The van der Waals surface area contributed by atoms with Crippen LogP contribution in [0.25, 0.3) is 0 Å². The van der Waals surface area contributed by atoms with Crippen LogP contribution in [0.4, 0.5) is 17.1 Å². The van der Waals surface area contributed by atoms with Crippen molar-refractivity contribution in [2.45, 2.75) is 32.2 Å². The van der Waals surface area contributed by atoms with Gasteiger partial charge in [-0.25, -0.2) is 0 Å². The number of nitro groups is 1. The maximum Gasteiger partial charge on any atom is 0.270 e. The van der Waals surface area contributed by atoms with E-state index in [4.69, 9.17) is 0 Å². The summed E-state index contributed by atoms with van der Waals surface area (Å²) in [5, 5.41) is 11.3. The van der Waals surface area contributed by atoms with Gasteiger partial charge in [0.15, 0.2) is 0 Å². The Kier molecular flexibility index (Phi) is 5.88. The van der Waals surface area contributed by atoms with Gasteiger partial charge in [-0.1, -0.05) is 18.2 Å². The number of nitrogens with zero attached hydrogens (tertiary/aromatic N) is 4. The van der Waals surface area contributed by atoms with Crippen LogP contribution in [0.15, 0.2) is 42.5 Å². The van der Waals surface area contributed by atoms with Crippen LogP contribution in [-0.2, 0) is 6.54 Å². The second kappa shape index (κ2) is 8.73. The molecule has 4 rings (SSSR count). The molecule has 0 atom stereocenters. The van der Waals surface area contributed by atoms with Gasteiger partial charge in [0.25, 0.3) is 11.6 Å². The molecule has 2 saturated heterocycles. The molecule has 158 valence electrons. The SMILES string of the molecule is CN(Cc1ccccc1N1CCCC1)C(=O)c1cc([N+](=O)[O-])ccc1N1CCCC1. The minimum Gasteiger partial charge on any atom is -0.371 e. The first-order valence-electron chi connectivity index (χ1n) is 10.7. The van der Waals surface area contributed by atoms with E-state index < -0.39 is 4.92 Å². The van der Waals surface area contributed by atoms with Crippen molar-refractivity contribution in [2.75, 3.05) is 43.0 Å². The van der Waals surface area contributed by atoms with Crippen LogP contribution in [-0.4, -0.2) is 49.0 Å². The highest BCUT2D eigenvalue weighted by atomic mass is 16.6. The first kappa shape index (κ1) is 20.2. The lowest BCUT2D eigenvalue weighted by Crippen LogP contribution is -2.30. The van der Waals surface area contributed by atoms with Crippen molar-refractivity contribution in [3.8, 4) is 0 Å². The zero-order valence-corrected chi connectivity index (χ0v) is 17.4. The lowest BCUT2D eigenvalue weighted by molar-refractivity contribution is -0.384. The number of hydrogen-bond donors (Lipinski definition) is 0. The molecule has 0 unspecified atom stereocenters. The first-order chi connectivity index (χ1) is 14.5. The van der Waals surface area contributed by atoms with E-state index in [1.807, 2.05) is 12.1 Å². The van der Waals surface area contributed by atoms with Crippen LogP contribution < -0.4 is 9.80 Å². The van der Waals surface area contributed by atoms with Crippen LogP contribution in [0.1, 0.15) is 41.6 Å². The molecule has 30 heavy (non-hydrogen) atoms. The van der Waals surface area contributed by atoms with Crippen molar-refractivity contribution in [1.29, 1.82) is 0 Å². The molecule has 2 aromatic carbocycles. The summed E-state index contributed by atoms with van der Waals surface area (Å²) in [7, 11) is 1.77. The van der Waals surface area contributed by atoms with E-state index >= 15 is 0 Å². The molecule has 0 aromatic heterocycles. The van der Waals surface area contributed by atoms with E-state index in [0.29, 0.717) is 12.1 Å². The Labute approximate surface area is 177 Å². The molecule has 2 aliphatic heterocycles. The fourth-order valence-electron chi connectivity index (χ4n) is 4.49. The summed E-state index contributed by atoms with van der Waals surface area (Å²) < 4.78 is 0. The molecule has 0 N–H and O–H groups in total. The number of anilines is 2. The second-order valence-corrected chi connectivity index (χ2v) is 8.14. The number of para-hydroxylation sites is 1. The van der Waals surface area contributed by atoms with Crippen LogP contribution in [0.3, 0.4) is 0 Å². The largest absolute Gasteiger partial charge is 0.371 e. The Hall–Kier alpha value is -3.09. The summed E-state index contributed by atoms with van der Waals surface area (Å²) in [5.74, 6) is -0.183. The van der Waals surface area contributed by atoms with Gasteiger partial charge in [-0.05, 0) is 43.4 Å². The second-order valence-electron chi connectivity index (χ2n) is 8.14. The highest BCUT2D eigenvalue weighted by Gasteiger charge is 2.25. The lowest BCUT2D eigenvalue weighted by atomic mass is 10.1. The van der Waals surface area contributed by atoms with Crippen molar-refractivity contribution < 1.29 is 9.72 Å². The number of nitro benzene ring substituents is 1. The summed E-state index contributed by atoms with van der Waals surface area (Å²) in [6, 6.07) is 12.9. The normalized spacial score (nSPS) is 16.2. The first-order valence-corrected chi connectivity index (χ1v) is 10.7. The molecule has 7 nitrogen and oxygen atoms in total. The number of carbonyl (C=O) groups is 1. The van der Waals surface area contributed by atoms with Gasteiger partial charge in [0.1, 0.15) is 0 Å². The average molecular weight is 409 g/mol. The van der Waals surface area contributed by atoms with E-state index in [-0.39, 0.29) is 11.6 Å². The minimum absolute atomic E-state index is 0.0489. The van der Waals surface area contributed by atoms with Gasteiger partial charge < -0.3 is 14.7 Å². The zero-order chi connectivity index (χ0) is 21.1. The van der Waals surface area contributed by atoms with Crippen molar-refractivity contribution in [1.82, 2.24) is 4.90 Å². The van der Waals surface area contributed by atoms with Crippen molar-refractivity contribution in [2.24, 2.45) is 0 Å². The number of rotatable bonds is 6. The monoisotopic (exact) mass is 408 g/mol. The van der Waals surface area contributed by atoms with E-state index in [2.05, 4.69) is 21.9 Å². The molecule has 0 saturated carbocycles. The van der Waals surface area contributed by atoms with Crippen molar-refractivity contribution >= 4 is 23.0 Å². The predicted octanol–water partition coefficient (Wildman–Crippen LogP) is 4.07. The van der Waals surface area contributed by atoms with Gasteiger partial charge in [-0.15, -0.1) is 0 Å².